The van der Waals surface area contributed by atoms with Gasteiger partial charge in [0.15, 0.2) is 5.34 Å². The highest BCUT2D eigenvalue weighted by molar-refractivity contribution is 7.20. The summed E-state index contributed by atoms with van der Waals surface area (Å²) in [5.74, 6) is -1.45. The first-order valence-electron chi connectivity index (χ1n) is 1.86. The van der Waals surface area contributed by atoms with Crippen LogP contribution in [0.25, 0.3) is 0 Å². The van der Waals surface area contributed by atoms with Crippen molar-refractivity contribution in [1.29, 1.82) is 0 Å². The smallest absolute Gasteiger partial charge is 0.341 e. The zero-order valence-corrected chi connectivity index (χ0v) is 5.19. The minimum Gasteiger partial charge on any atom is -0.479 e. The lowest BCUT2D eigenvalue weighted by Gasteiger charge is -2.12. The van der Waals surface area contributed by atoms with Crippen molar-refractivity contribution in [1.82, 2.24) is 0 Å². The molecule has 8 heavy (non-hydrogen) atoms. The first kappa shape index (κ1) is 7.82. The lowest BCUT2D eigenvalue weighted by Crippen LogP contribution is -2.34. The summed E-state index contributed by atoms with van der Waals surface area (Å²) in [6.07, 6.45) is 0. The molecular weight excluding hydrogens is 131 g/mol. The Morgan fingerprint density at radius 3 is 2.12 bits per heavy atom. The van der Waals surface area contributed by atoms with E-state index < -0.39 is 17.9 Å². The molecule has 0 aromatic rings. The molecular formula is C3H7O4P. The van der Waals surface area contributed by atoms with Gasteiger partial charge in [0.2, 0.25) is 0 Å². The lowest BCUT2D eigenvalue weighted by molar-refractivity contribution is -0.152. The number of rotatable bonds is 2. The third-order valence-corrected chi connectivity index (χ3v) is 1.04. The maximum Gasteiger partial charge on any atom is 0.341 e. The van der Waals surface area contributed by atoms with E-state index in [2.05, 4.69) is 0 Å². The van der Waals surface area contributed by atoms with Crippen LogP contribution >= 0.6 is 9.24 Å². The Hall–Kier alpha value is -0.180. The van der Waals surface area contributed by atoms with Gasteiger partial charge in [-0.1, -0.05) is 9.24 Å². The first-order chi connectivity index (χ1) is 3.50. The van der Waals surface area contributed by atoms with Gasteiger partial charge in [0.1, 0.15) is 0 Å². The maximum atomic E-state index is 9.82. The van der Waals surface area contributed by atoms with Gasteiger partial charge in [0.05, 0.1) is 6.61 Å². The van der Waals surface area contributed by atoms with Crippen LogP contribution in [0.1, 0.15) is 0 Å². The average Bonchev–Trinajstić information content (AvgIpc) is 1.67. The number of hydrogen-bond acceptors (Lipinski definition) is 3. The van der Waals surface area contributed by atoms with Crippen molar-refractivity contribution in [3.05, 3.63) is 0 Å². The molecule has 2 atom stereocenters. The van der Waals surface area contributed by atoms with E-state index in [0.717, 1.165) is 0 Å². The Kier molecular flexibility index (Phi) is 2.34. The molecule has 0 saturated heterocycles. The average molecular weight is 138 g/mol. The summed E-state index contributed by atoms with van der Waals surface area (Å²) in [6, 6.07) is 0. The van der Waals surface area contributed by atoms with Crippen LogP contribution < -0.4 is 0 Å². The summed E-state index contributed by atoms with van der Waals surface area (Å²) in [6.45, 7) is -0.799. The molecule has 2 unspecified atom stereocenters. The molecule has 5 heteroatoms. The third-order valence-electron chi connectivity index (χ3n) is 0.611. The maximum absolute atomic E-state index is 9.82. The number of aliphatic hydroxyl groups excluding tert-OH is 1. The number of aliphatic hydroxyl groups is 2. The second-order valence-electron chi connectivity index (χ2n) is 1.39. The number of carbonyl (C=O) groups is 1. The van der Waals surface area contributed by atoms with E-state index in [1.54, 1.807) is 9.24 Å². The van der Waals surface area contributed by atoms with Crippen LogP contribution in [0.3, 0.4) is 0 Å². The molecule has 0 aromatic heterocycles. The monoisotopic (exact) mass is 138 g/mol. The fraction of sp³-hybridized carbons (Fsp3) is 0.667. The summed E-state index contributed by atoms with van der Waals surface area (Å²) < 4.78 is 0. The Morgan fingerprint density at radius 1 is 1.75 bits per heavy atom. The van der Waals surface area contributed by atoms with Gasteiger partial charge in [-0.3, -0.25) is 0 Å². The van der Waals surface area contributed by atoms with Crippen LogP contribution in [0, 0.1) is 0 Å². The van der Waals surface area contributed by atoms with Crippen molar-refractivity contribution in [2.75, 3.05) is 6.61 Å². The quantitative estimate of drug-likeness (QED) is 0.411. The highest BCUT2D eigenvalue weighted by Gasteiger charge is 2.28. The zero-order chi connectivity index (χ0) is 6.78. The van der Waals surface area contributed by atoms with Gasteiger partial charge in [-0.2, -0.15) is 0 Å². The van der Waals surface area contributed by atoms with Crippen molar-refractivity contribution < 1.29 is 20.1 Å². The van der Waals surface area contributed by atoms with Gasteiger partial charge in [-0.15, -0.1) is 0 Å². The van der Waals surface area contributed by atoms with Crippen LogP contribution in [0.5, 0.6) is 0 Å². The zero-order valence-electron chi connectivity index (χ0n) is 4.03. The van der Waals surface area contributed by atoms with E-state index in [4.69, 9.17) is 15.3 Å². The molecule has 4 nitrogen and oxygen atoms in total. The van der Waals surface area contributed by atoms with E-state index in [0.29, 0.717) is 0 Å². The fourth-order valence-electron chi connectivity index (χ4n) is 0.0676. The molecule has 0 aliphatic rings. The highest BCUT2D eigenvalue weighted by atomic mass is 31.0. The van der Waals surface area contributed by atoms with E-state index >= 15 is 0 Å². The topological polar surface area (TPSA) is 77.8 Å². The standard InChI is InChI=1S/C3H7O4P/c4-1-3(7,8)2(5)6/h4,7H,1,8H2,(H,5,6). The lowest BCUT2D eigenvalue weighted by atomic mass is 10.4. The Balaban J connectivity index is 3.91. The van der Waals surface area contributed by atoms with Crippen LogP contribution in [-0.4, -0.2) is 33.2 Å². The van der Waals surface area contributed by atoms with Gasteiger partial charge >= 0.3 is 5.97 Å². The predicted molar refractivity (Wildman–Crippen MR) is 29.4 cm³/mol. The summed E-state index contributed by atoms with van der Waals surface area (Å²) in [7, 11) is 1.61. The second-order valence-corrected chi connectivity index (χ2v) is 2.34. The van der Waals surface area contributed by atoms with E-state index in [1.807, 2.05) is 0 Å². The summed E-state index contributed by atoms with van der Waals surface area (Å²) in [5, 5.41) is 22.6. The summed E-state index contributed by atoms with van der Waals surface area (Å²) >= 11 is 0. The molecule has 0 aliphatic heterocycles. The summed E-state index contributed by atoms with van der Waals surface area (Å²) in [4.78, 5) is 9.82. The van der Waals surface area contributed by atoms with Crippen LogP contribution in [0.15, 0.2) is 0 Å². The van der Waals surface area contributed by atoms with E-state index in [1.165, 1.54) is 0 Å². The molecule has 0 aliphatic carbocycles. The number of carboxylic acid groups (broad SMARTS) is 1. The molecule has 0 heterocycles. The molecule has 0 rings (SSSR count). The van der Waals surface area contributed by atoms with Crippen molar-refractivity contribution >= 4 is 15.2 Å². The Morgan fingerprint density at radius 2 is 2.12 bits per heavy atom. The first-order valence-corrected chi connectivity index (χ1v) is 2.44. The van der Waals surface area contributed by atoms with E-state index in [9.17, 15) is 4.79 Å². The molecule has 0 aromatic carbocycles. The molecule has 0 fully saturated rings. The van der Waals surface area contributed by atoms with Crippen molar-refractivity contribution in [2.24, 2.45) is 0 Å². The molecule has 0 radical (unpaired) electrons. The molecule has 0 amide bonds. The predicted octanol–water partition coefficient (Wildman–Crippen LogP) is -1.37. The minimum absolute atomic E-state index is 0.799. The van der Waals surface area contributed by atoms with Gasteiger partial charge < -0.3 is 15.3 Å². The number of carboxylic acids is 1. The molecule has 0 saturated carbocycles. The second kappa shape index (κ2) is 2.40. The van der Waals surface area contributed by atoms with Gasteiger partial charge in [0, 0.05) is 0 Å². The van der Waals surface area contributed by atoms with Crippen molar-refractivity contribution in [3.8, 4) is 0 Å². The minimum atomic E-state index is -2.07. The molecule has 3 N–H and O–H groups in total. The largest absolute Gasteiger partial charge is 0.479 e. The fourth-order valence-corrected chi connectivity index (χ4v) is 0.0676. The van der Waals surface area contributed by atoms with Crippen LogP contribution in [-0.2, 0) is 4.79 Å². The Labute approximate surface area is 48.3 Å². The molecule has 0 bridgehead atoms. The van der Waals surface area contributed by atoms with Crippen molar-refractivity contribution in [2.45, 2.75) is 5.34 Å². The Bertz CT molecular complexity index is 99.5. The molecule has 0 spiro atoms. The van der Waals surface area contributed by atoms with Crippen LogP contribution in [0.4, 0.5) is 0 Å². The van der Waals surface area contributed by atoms with Gasteiger partial charge in [-0.05, 0) is 0 Å². The third kappa shape index (κ3) is 1.74. The van der Waals surface area contributed by atoms with Crippen LogP contribution in [0.2, 0.25) is 0 Å². The number of aliphatic carboxylic acids is 1. The summed E-state index contributed by atoms with van der Waals surface area (Å²) in [5.41, 5.74) is 0. The molecule has 48 valence electrons. The van der Waals surface area contributed by atoms with Gasteiger partial charge in [0.25, 0.3) is 0 Å². The van der Waals surface area contributed by atoms with E-state index in [-0.39, 0.29) is 0 Å². The van der Waals surface area contributed by atoms with Crippen molar-refractivity contribution in [3.63, 3.8) is 0 Å². The normalized spacial score (nSPS) is 17.4. The highest BCUT2D eigenvalue weighted by Crippen LogP contribution is 2.11. The van der Waals surface area contributed by atoms with Gasteiger partial charge in [-0.25, -0.2) is 4.79 Å². The SMILES string of the molecule is O=C(O)C(O)(P)CO. The number of hydrogen-bond donors (Lipinski definition) is 3.